The normalized spacial score (nSPS) is 32.1. The smallest absolute Gasteiger partial charge is 0.219 e. The van der Waals surface area contributed by atoms with Crippen molar-refractivity contribution in [1.29, 1.82) is 0 Å². The molecule has 0 aromatic heterocycles. The summed E-state index contributed by atoms with van der Waals surface area (Å²) < 4.78 is 12.9. The van der Waals surface area contributed by atoms with Crippen molar-refractivity contribution < 1.29 is 9.18 Å². The van der Waals surface area contributed by atoms with Gasteiger partial charge in [0.1, 0.15) is 6.17 Å². The molecule has 1 aliphatic heterocycles. The quantitative estimate of drug-likeness (QED) is 0.538. The molecule has 0 aromatic carbocycles. The van der Waals surface area contributed by atoms with E-state index in [0.717, 1.165) is 0 Å². The molecular weight excluding hydrogens is 147 g/mol. The number of rotatable bonds is 0. The Morgan fingerprint density at radius 3 is 2.82 bits per heavy atom. The largest absolute Gasteiger partial charge is 0.340 e. The summed E-state index contributed by atoms with van der Waals surface area (Å²) in [7, 11) is 0. The third kappa shape index (κ3) is 1.89. The molecule has 64 valence electrons. The lowest BCUT2D eigenvalue weighted by Crippen LogP contribution is -2.49. The summed E-state index contributed by atoms with van der Waals surface area (Å²) in [6.45, 7) is 2.21. The molecule has 2 atom stereocenters. The minimum Gasteiger partial charge on any atom is -0.340 e. The highest BCUT2D eigenvalue weighted by atomic mass is 19.1. The molecule has 4 heteroatoms. The number of likely N-dealkylation sites (tertiary alicyclic amines) is 1. The van der Waals surface area contributed by atoms with Crippen molar-refractivity contribution in [2.24, 2.45) is 5.73 Å². The highest BCUT2D eigenvalue weighted by Crippen LogP contribution is 2.11. The molecule has 0 aliphatic carbocycles. The van der Waals surface area contributed by atoms with Gasteiger partial charge in [-0.25, -0.2) is 4.39 Å². The number of halogens is 1. The maximum Gasteiger partial charge on any atom is 0.219 e. The van der Waals surface area contributed by atoms with Gasteiger partial charge in [0.25, 0.3) is 0 Å². The van der Waals surface area contributed by atoms with Gasteiger partial charge in [-0.1, -0.05) is 0 Å². The Bertz CT molecular complexity index is 163. The Hall–Kier alpha value is -0.640. The van der Waals surface area contributed by atoms with E-state index in [1.165, 1.54) is 11.8 Å². The number of carbonyl (C=O) groups excluding carboxylic acids is 1. The van der Waals surface area contributed by atoms with Crippen LogP contribution in [0.4, 0.5) is 4.39 Å². The second-order valence-corrected chi connectivity index (χ2v) is 2.93. The Morgan fingerprint density at radius 1 is 1.73 bits per heavy atom. The van der Waals surface area contributed by atoms with Gasteiger partial charge in [0.2, 0.25) is 5.91 Å². The fourth-order valence-corrected chi connectivity index (χ4v) is 1.21. The van der Waals surface area contributed by atoms with Crippen LogP contribution in [0.1, 0.15) is 13.3 Å². The van der Waals surface area contributed by atoms with Crippen molar-refractivity contribution in [3.05, 3.63) is 0 Å². The third-order valence-corrected chi connectivity index (χ3v) is 2.04. The molecule has 1 fully saturated rings. The number of amides is 1. The van der Waals surface area contributed by atoms with Gasteiger partial charge in [0.05, 0.1) is 6.54 Å². The van der Waals surface area contributed by atoms with Crippen LogP contribution in [0, 0.1) is 0 Å². The van der Waals surface area contributed by atoms with Crippen LogP contribution in [0.2, 0.25) is 0 Å². The first-order chi connectivity index (χ1) is 5.11. The van der Waals surface area contributed by atoms with Gasteiger partial charge >= 0.3 is 0 Å². The molecule has 11 heavy (non-hydrogen) atoms. The summed E-state index contributed by atoms with van der Waals surface area (Å²) in [6, 6.07) is -0.384. The van der Waals surface area contributed by atoms with Crippen LogP contribution >= 0.6 is 0 Å². The third-order valence-electron chi connectivity index (χ3n) is 2.04. The number of nitrogens with two attached hydrogens (primary N) is 1. The van der Waals surface area contributed by atoms with Crippen molar-refractivity contribution in [3.8, 4) is 0 Å². The van der Waals surface area contributed by atoms with Crippen molar-refractivity contribution in [1.82, 2.24) is 4.90 Å². The van der Waals surface area contributed by atoms with Gasteiger partial charge in [-0.2, -0.15) is 0 Å². The molecule has 1 rings (SSSR count). The van der Waals surface area contributed by atoms with Gasteiger partial charge in [-0.05, 0) is 6.42 Å². The van der Waals surface area contributed by atoms with Gasteiger partial charge in [-0.3, -0.25) is 4.79 Å². The summed E-state index contributed by atoms with van der Waals surface area (Å²) in [6.07, 6.45) is -0.478. The molecule has 0 saturated carbocycles. The van der Waals surface area contributed by atoms with E-state index in [1.54, 1.807) is 0 Å². The highest BCUT2D eigenvalue weighted by molar-refractivity contribution is 5.73. The maximum atomic E-state index is 12.9. The molecule has 1 heterocycles. The fourth-order valence-electron chi connectivity index (χ4n) is 1.21. The van der Waals surface area contributed by atoms with Crippen LogP contribution in [0.15, 0.2) is 0 Å². The van der Waals surface area contributed by atoms with Crippen LogP contribution in [-0.4, -0.2) is 36.1 Å². The topological polar surface area (TPSA) is 46.3 Å². The molecule has 2 N–H and O–H groups in total. The van der Waals surface area contributed by atoms with Crippen LogP contribution < -0.4 is 5.73 Å². The minimum absolute atomic E-state index is 0.0699. The zero-order valence-electron chi connectivity index (χ0n) is 6.59. The summed E-state index contributed by atoms with van der Waals surface area (Å²) in [5.41, 5.74) is 5.43. The number of nitrogens with zero attached hydrogens (tertiary/aromatic N) is 1. The number of hydrogen-bond acceptors (Lipinski definition) is 2. The zero-order valence-corrected chi connectivity index (χ0v) is 6.59. The van der Waals surface area contributed by atoms with Gasteiger partial charge < -0.3 is 10.6 Å². The van der Waals surface area contributed by atoms with E-state index >= 15 is 0 Å². The second kappa shape index (κ2) is 3.17. The lowest BCUT2D eigenvalue weighted by atomic mass is 10.0. The molecule has 0 bridgehead atoms. The zero-order chi connectivity index (χ0) is 8.43. The first kappa shape index (κ1) is 8.46. The summed E-state index contributed by atoms with van der Waals surface area (Å²) in [5.74, 6) is -0.0699. The van der Waals surface area contributed by atoms with Crippen LogP contribution in [0.3, 0.4) is 0 Å². The summed E-state index contributed by atoms with van der Waals surface area (Å²) in [4.78, 5) is 12.3. The van der Waals surface area contributed by atoms with Crippen molar-refractivity contribution in [2.75, 3.05) is 13.1 Å². The highest BCUT2D eigenvalue weighted by Gasteiger charge is 2.27. The van der Waals surface area contributed by atoms with E-state index in [4.69, 9.17) is 5.73 Å². The first-order valence-electron chi connectivity index (χ1n) is 3.76. The lowest BCUT2D eigenvalue weighted by molar-refractivity contribution is -0.131. The molecular formula is C7H13FN2O. The predicted molar refractivity (Wildman–Crippen MR) is 39.7 cm³/mol. The maximum absolute atomic E-state index is 12.9. The monoisotopic (exact) mass is 160 g/mol. The Morgan fingerprint density at radius 2 is 2.36 bits per heavy atom. The fraction of sp³-hybridized carbons (Fsp3) is 0.857. The molecule has 0 spiro atoms. The minimum atomic E-state index is -1.05. The first-order valence-corrected chi connectivity index (χ1v) is 3.76. The Labute approximate surface area is 65.3 Å². The average molecular weight is 160 g/mol. The SMILES string of the molecule is CC(=O)N1CCC(N)C(F)C1. The van der Waals surface area contributed by atoms with Crippen LogP contribution in [-0.2, 0) is 4.79 Å². The van der Waals surface area contributed by atoms with E-state index in [9.17, 15) is 9.18 Å². The average Bonchev–Trinajstić information content (AvgIpc) is 1.94. The second-order valence-electron chi connectivity index (χ2n) is 2.93. The molecule has 1 amide bonds. The van der Waals surface area contributed by atoms with Gasteiger partial charge in [0, 0.05) is 19.5 Å². The molecule has 1 aliphatic rings. The number of alkyl halides is 1. The van der Waals surface area contributed by atoms with E-state index in [-0.39, 0.29) is 18.5 Å². The Balaban J connectivity index is 2.46. The van der Waals surface area contributed by atoms with Crippen LogP contribution in [0.5, 0.6) is 0 Å². The van der Waals surface area contributed by atoms with E-state index in [0.29, 0.717) is 13.0 Å². The Kier molecular flexibility index (Phi) is 2.44. The lowest BCUT2D eigenvalue weighted by Gasteiger charge is -2.31. The van der Waals surface area contributed by atoms with Crippen molar-refractivity contribution >= 4 is 5.91 Å². The predicted octanol–water partition coefficient (Wildman–Crippen LogP) is -0.0960. The number of hydrogen-bond donors (Lipinski definition) is 1. The number of piperidine rings is 1. The van der Waals surface area contributed by atoms with Gasteiger partial charge in [-0.15, -0.1) is 0 Å². The molecule has 2 unspecified atom stereocenters. The van der Waals surface area contributed by atoms with E-state index in [1.807, 2.05) is 0 Å². The number of carbonyl (C=O) groups is 1. The van der Waals surface area contributed by atoms with Crippen molar-refractivity contribution in [3.63, 3.8) is 0 Å². The molecule has 1 saturated heterocycles. The standard InChI is InChI=1S/C7H13FN2O/c1-5(11)10-3-2-7(9)6(8)4-10/h6-7H,2-4,9H2,1H3. The van der Waals surface area contributed by atoms with Crippen LogP contribution in [0.25, 0.3) is 0 Å². The summed E-state index contributed by atoms with van der Waals surface area (Å²) in [5, 5.41) is 0. The molecule has 0 aromatic rings. The van der Waals surface area contributed by atoms with Gasteiger partial charge in [0.15, 0.2) is 0 Å². The summed E-state index contributed by atoms with van der Waals surface area (Å²) >= 11 is 0. The van der Waals surface area contributed by atoms with E-state index in [2.05, 4.69) is 0 Å². The van der Waals surface area contributed by atoms with Crippen molar-refractivity contribution in [2.45, 2.75) is 25.6 Å². The molecule has 0 radical (unpaired) electrons. The van der Waals surface area contributed by atoms with E-state index < -0.39 is 6.17 Å². The molecule has 3 nitrogen and oxygen atoms in total.